The van der Waals surface area contributed by atoms with Crippen LogP contribution < -0.4 is 10.2 Å². The van der Waals surface area contributed by atoms with Crippen LogP contribution in [0, 0.1) is 12.8 Å². The number of amides is 2. The number of hydrogen-bond acceptors (Lipinski definition) is 3. The quantitative estimate of drug-likeness (QED) is 0.736. The van der Waals surface area contributed by atoms with Gasteiger partial charge in [0.05, 0.1) is 5.69 Å². The molecule has 1 aliphatic rings. The van der Waals surface area contributed by atoms with Crippen molar-refractivity contribution in [3.8, 4) is 0 Å². The second-order valence-corrected chi connectivity index (χ2v) is 7.74. The van der Waals surface area contributed by atoms with Gasteiger partial charge in [0, 0.05) is 42.5 Å². The second kappa shape index (κ2) is 8.61. The molecule has 1 aromatic carbocycles. The Morgan fingerprint density at radius 1 is 1.32 bits per heavy atom. The Labute approximate surface area is 170 Å². The molecule has 1 N–H and O–H groups in total. The first-order valence-corrected chi connectivity index (χ1v) is 9.85. The van der Waals surface area contributed by atoms with E-state index in [4.69, 9.17) is 11.6 Å². The molecule has 148 valence electrons. The fourth-order valence-electron chi connectivity index (χ4n) is 3.21. The summed E-state index contributed by atoms with van der Waals surface area (Å²) in [5, 5.41) is 7.79. The van der Waals surface area contributed by atoms with E-state index >= 15 is 0 Å². The number of benzene rings is 1. The zero-order chi connectivity index (χ0) is 20.3. The molecule has 0 bridgehead atoms. The van der Waals surface area contributed by atoms with Gasteiger partial charge in [-0.1, -0.05) is 25.4 Å². The minimum absolute atomic E-state index is 0.144. The number of carbonyl (C=O) groups is 2. The molecule has 2 aromatic rings. The molecule has 0 unspecified atom stereocenters. The van der Waals surface area contributed by atoms with Crippen LogP contribution in [0.15, 0.2) is 30.3 Å². The number of anilines is 2. The first-order valence-electron chi connectivity index (χ1n) is 9.47. The summed E-state index contributed by atoms with van der Waals surface area (Å²) in [6.07, 6.45) is 4.62. The van der Waals surface area contributed by atoms with E-state index in [1.54, 1.807) is 27.8 Å². The van der Waals surface area contributed by atoms with Crippen LogP contribution in [0.1, 0.15) is 37.9 Å². The summed E-state index contributed by atoms with van der Waals surface area (Å²) >= 11 is 6.39. The van der Waals surface area contributed by atoms with Gasteiger partial charge < -0.3 is 10.2 Å². The molecule has 2 heterocycles. The molecule has 6 nitrogen and oxygen atoms in total. The van der Waals surface area contributed by atoms with E-state index in [0.717, 1.165) is 36.5 Å². The Bertz CT molecular complexity index is 900. The maximum atomic E-state index is 12.3. The maximum absolute atomic E-state index is 12.3. The van der Waals surface area contributed by atoms with Gasteiger partial charge in [-0.2, -0.15) is 5.10 Å². The number of rotatable bonds is 6. The van der Waals surface area contributed by atoms with Crippen molar-refractivity contribution in [1.82, 2.24) is 9.78 Å². The molecule has 28 heavy (non-hydrogen) atoms. The highest BCUT2D eigenvalue weighted by Gasteiger charge is 2.21. The Morgan fingerprint density at radius 2 is 2.04 bits per heavy atom. The molecule has 2 amide bonds. The van der Waals surface area contributed by atoms with Gasteiger partial charge in [0.25, 0.3) is 0 Å². The van der Waals surface area contributed by atoms with Gasteiger partial charge in [-0.05, 0) is 49.6 Å². The molecular weight excluding hydrogens is 376 g/mol. The standard InChI is InChI=1S/C21H25ClN4O2/c1-14(2)13-26-21(22)18(15(3)24-26)10-11-19(27)23-16-6-8-17(9-7-16)25-12-4-5-20(25)28/h6-11,14H,4-5,12-13H2,1-3H3,(H,23,27)/b11-10+. The number of aromatic nitrogens is 2. The van der Waals surface area contributed by atoms with Crippen molar-refractivity contribution in [2.24, 2.45) is 5.92 Å². The van der Waals surface area contributed by atoms with Gasteiger partial charge in [0.2, 0.25) is 11.8 Å². The summed E-state index contributed by atoms with van der Waals surface area (Å²) in [4.78, 5) is 25.8. The largest absolute Gasteiger partial charge is 0.323 e. The summed E-state index contributed by atoms with van der Waals surface area (Å²) in [5.41, 5.74) is 3.06. The van der Waals surface area contributed by atoms with Gasteiger partial charge in [0.15, 0.2) is 0 Å². The third kappa shape index (κ3) is 4.62. The minimum Gasteiger partial charge on any atom is -0.323 e. The SMILES string of the molecule is Cc1nn(CC(C)C)c(Cl)c1/C=C/C(=O)Nc1ccc(N2CCCC2=O)cc1. The minimum atomic E-state index is -0.253. The molecule has 1 fully saturated rings. The van der Waals surface area contributed by atoms with Crippen molar-refractivity contribution in [3.05, 3.63) is 46.8 Å². The van der Waals surface area contributed by atoms with Crippen LogP contribution in [0.5, 0.6) is 0 Å². The van der Waals surface area contributed by atoms with E-state index < -0.39 is 0 Å². The van der Waals surface area contributed by atoms with Crippen LogP contribution >= 0.6 is 11.6 Å². The summed E-state index contributed by atoms with van der Waals surface area (Å²) in [6, 6.07) is 7.29. The number of carbonyl (C=O) groups excluding carboxylic acids is 2. The van der Waals surface area contributed by atoms with Crippen molar-refractivity contribution in [2.75, 3.05) is 16.8 Å². The second-order valence-electron chi connectivity index (χ2n) is 7.38. The Balaban J connectivity index is 1.64. The van der Waals surface area contributed by atoms with Crippen LogP contribution in [0.3, 0.4) is 0 Å². The maximum Gasteiger partial charge on any atom is 0.248 e. The van der Waals surface area contributed by atoms with Crippen LogP contribution in [0.25, 0.3) is 6.08 Å². The van der Waals surface area contributed by atoms with Crippen molar-refractivity contribution >= 4 is 40.9 Å². The summed E-state index contributed by atoms with van der Waals surface area (Å²) in [5.74, 6) is 0.317. The molecule has 0 spiro atoms. The highest BCUT2D eigenvalue weighted by Crippen LogP contribution is 2.24. The van der Waals surface area contributed by atoms with Crippen LogP contribution in [-0.2, 0) is 16.1 Å². The average molecular weight is 401 g/mol. The van der Waals surface area contributed by atoms with Crippen molar-refractivity contribution < 1.29 is 9.59 Å². The van der Waals surface area contributed by atoms with Crippen molar-refractivity contribution in [2.45, 2.75) is 40.2 Å². The summed E-state index contributed by atoms with van der Waals surface area (Å²) in [7, 11) is 0. The number of nitrogens with one attached hydrogen (secondary N) is 1. The van der Waals surface area contributed by atoms with Crippen LogP contribution in [-0.4, -0.2) is 28.1 Å². The fourth-order valence-corrected chi connectivity index (χ4v) is 3.52. The lowest BCUT2D eigenvalue weighted by Crippen LogP contribution is -2.23. The number of halogens is 1. The summed E-state index contributed by atoms with van der Waals surface area (Å²) in [6.45, 7) is 7.55. The molecule has 0 saturated carbocycles. The topological polar surface area (TPSA) is 67.2 Å². The van der Waals surface area contributed by atoms with E-state index in [9.17, 15) is 9.59 Å². The van der Waals surface area contributed by atoms with E-state index in [1.165, 1.54) is 6.08 Å². The molecule has 0 aliphatic carbocycles. The van der Waals surface area contributed by atoms with Crippen molar-refractivity contribution in [3.63, 3.8) is 0 Å². The van der Waals surface area contributed by atoms with E-state index in [-0.39, 0.29) is 11.8 Å². The van der Waals surface area contributed by atoms with Crippen molar-refractivity contribution in [1.29, 1.82) is 0 Å². The van der Waals surface area contributed by atoms with Crippen LogP contribution in [0.4, 0.5) is 11.4 Å². The molecular formula is C21H25ClN4O2. The molecule has 3 rings (SSSR count). The zero-order valence-electron chi connectivity index (χ0n) is 16.4. The third-order valence-corrected chi connectivity index (χ3v) is 4.97. The molecule has 0 atom stereocenters. The Kier molecular flexibility index (Phi) is 6.19. The van der Waals surface area contributed by atoms with E-state index in [1.807, 2.05) is 19.1 Å². The Hall–Kier alpha value is -2.60. The highest BCUT2D eigenvalue weighted by atomic mass is 35.5. The number of hydrogen-bond donors (Lipinski definition) is 1. The molecule has 1 saturated heterocycles. The Morgan fingerprint density at radius 3 is 2.64 bits per heavy atom. The zero-order valence-corrected chi connectivity index (χ0v) is 17.2. The lowest BCUT2D eigenvalue weighted by Gasteiger charge is -2.15. The first kappa shape index (κ1) is 20.1. The fraction of sp³-hybridized carbons (Fsp3) is 0.381. The summed E-state index contributed by atoms with van der Waals surface area (Å²) < 4.78 is 1.76. The third-order valence-electron chi connectivity index (χ3n) is 4.57. The predicted molar refractivity (Wildman–Crippen MR) is 113 cm³/mol. The van der Waals surface area contributed by atoms with Gasteiger partial charge in [-0.3, -0.25) is 14.3 Å². The predicted octanol–water partition coefficient (Wildman–Crippen LogP) is 4.28. The first-order chi connectivity index (χ1) is 13.3. The smallest absolute Gasteiger partial charge is 0.248 e. The lowest BCUT2D eigenvalue weighted by molar-refractivity contribution is -0.117. The van der Waals surface area contributed by atoms with Crippen LogP contribution in [0.2, 0.25) is 5.15 Å². The lowest BCUT2D eigenvalue weighted by atomic mass is 10.2. The monoisotopic (exact) mass is 400 g/mol. The molecule has 0 radical (unpaired) electrons. The van der Waals surface area contributed by atoms with E-state index in [2.05, 4.69) is 24.3 Å². The van der Waals surface area contributed by atoms with Gasteiger partial charge >= 0.3 is 0 Å². The van der Waals surface area contributed by atoms with Gasteiger partial charge in [-0.15, -0.1) is 0 Å². The highest BCUT2D eigenvalue weighted by molar-refractivity contribution is 6.31. The molecule has 1 aliphatic heterocycles. The van der Waals surface area contributed by atoms with E-state index in [0.29, 0.717) is 23.2 Å². The van der Waals surface area contributed by atoms with Gasteiger partial charge in [-0.25, -0.2) is 0 Å². The average Bonchev–Trinajstić information content (AvgIpc) is 3.17. The van der Waals surface area contributed by atoms with Gasteiger partial charge in [0.1, 0.15) is 5.15 Å². The number of nitrogens with zero attached hydrogens (tertiary/aromatic N) is 3. The molecule has 1 aromatic heterocycles. The number of aryl methyl sites for hydroxylation is 1. The normalized spacial score (nSPS) is 14.5. The molecule has 7 heteroatoms.